The van der Waals surface area contributed by atoms with Crippen molar-refractivity contribution in [3.63, 3.8) is 0 Å². The average Bonchev–Trinajstić information content (AvgIpc) is 2.88. The zero-order valence-corrected chi connectivity index (χ0v) is 12.4. The fourth-order valence-electron chi connectivity index (χ4n) is 1.85. The molecule has 20 heavy (non-hydrogen) atoms. The molecule has 1 atom stereocenters. The van der Waals surface area contributed by atoms with Crippen LogP contribution in [0.1, 0.15) is 12.0 Å². The minimum atomic E-state index is -0.539. The molecule has 0 fully saturated rings. The van der Waals surface area contributed by atoms with Crippen molar-refractivity contribution in [3.8, 4) is 0 Å². The van der Waals surface area contributed by atoms with E-state index in [1.807, 2.05) is 31.1 Å². The Labute approximate surface area is 123 Å². The Bertz CT molecular complexity index is 500. The highest BCUT2D eigenvalue weighted by molar-refractivity contribution is 6.30. The molecule has 1 aromatic carbocycles. The Kier molecular flexibility index (Phi) is 4.98. The summed E-state index contributed by atoms with van der Waals surface area (Å²) in [5, 5.41) is 7.49. The van der Waals surface area contributed by atoms with E-state index < -0.39 is 6.10 Å². The van der Waals surface area contributed by atoms with E-state index in [4.69, 9.17) is 16.4 Å². The van der Waals surface area contributed by atoms with Crippen LogP contribution in [0.5, 0.6) is 0 Å². The molecule has 0 bridgehead atoms. The van der Waals surface area contributed by atoms with Crippen LogP contribution in [-0.4, -0.2) is 49.8 Å². The predicted molar refractivity (Wildman–Crippen MR) is 79.0 cm³/mol. The summed E-state index contributed by atoms with van der Waals surface area (Å²) in [7, 11) is 3.92. The van der Waals surface area contributed by atoms with Gasteiger partial charge in [0, 0.05) is 24.5 Å². The van der Waals surface area contributed by atoms with Crippen LogP contribution >= 0.6 is 11.6 Å². The lowest BCUT2D eigenvalue weighted by Crippen LogP contribution is -2.38. The Morgan fingerprint density at radius 2 is 2.15 bits per heavy atom. The molecule has 0 saturated heterocycles. The molecule has 1 amide bonds. The maximum atomic E-state index is 11.9. The standard InChI is InChI=1S/C14H18ClN3O2/c1-18(2)8-7-16-14(19)13-9-12(17-20-13)10-3-5-11(15)6-4-10/h3-6,13H,7-9H2,1-2H3,(H,16,19)/t13-/m1/s1. The molecule has 5 nitrogen and oxygen atoms in total. The monoisotopic (exact) mass is 295 g/mol. The van der Waals surface area contributed by atoms with Crippen molar-refractivity contribution in [1.29, 1.82) is 0 Å². The molecule has 0 saturated carbocycles. The van der Waals surface area contributed by atoms with E-state index in [-0.39, 0.29) is 5.91 Å². The van der Waals surface area contributed by atoms with E-state index in [0.29, 0.717) is 18.0 Å². The van der Waals surface area contributed by atoms with Gasteiger partial charge in [-0.3, -0.25) is 4.79 Å². The lowest BCUT2D eigenvalue weighted by molar-refractivity contribution is -0.131. The molecule has 108 valence electrons. The van der Waals surface area contributed by atoms with Crippen LogP contribution in [0.4, 0.5) is 0 Å². The lowest BCUT2D eigenvalue weighted by atomic mass is 10.0. The summed E-state index contributed by atoms with van der Waals surface area (Å²) in [4.78, 5) is 19.1. The van der Waals surface area contributed by atoms with Gasteiger partial charge < -0.3 is 15.1 Å². The number of likely N-dealkylation sites (N-methyl/N-ethyl adjacent to an activating group) is 1. The minimum Gasteiger partial charge on any atom is -0.382 e. The molecule has 1 aliphatic heterocycles. The second-order valence-electron chi connectivity index (χ2n) is 4.94. The average molecular weight is 296 g/mol. The van der Waals surface area contributed by atoms with E-state index >= 15 is 0 Å². The topological polar surface area (TPSA) is 53.9 Å². The lowest BCUT2D eigenvalue weighted by Gasteiger charge is -2.12. The number of hydrogen-bond donors (Lipinski definition) is 1. The third-order valence-electron chi connectivity index (χ3n) is 3.00. The molecule has 6 heteroatoms. The highest BCUT2D eigenvalue weighted by Gasteiger charge is 2.28. The number of carbonyl (C=O) groups excluding carboxylic acids is 1. The van der Waals surface area contributed by atoms with E-state index in [0.717, 1.165) is 17.8 Å². The summed E-state index contributed by atoms with van der Waals surface area (Å²) in [5.74, 6) is -0.125. The summed E-state index contributed by atoms with van der Waals surface area (Å²) < 4.78 is 0. The SMILES string of the molecule is CN(C)CCNC(=O)[C@H]1CC(c2ccc(Cl)cc2)=NO1. The van der Waals surface area contributed by atoms with E-state index in [1.165, 1.54) is 0 Å². The third kappa shape index (κ3) is 3.95. The van der Waals surface area contributed by atoms with Crippen LogP contribution in [0, 0.1) is 0 Å². The molecule has 1 aliphatic rings. The van der Waals surface area contributed by atoms with Gasteiger partial charge >= 0.3 is 0 Å². The molecular formula is C14H18ClN3O2. The van der Waals surface area contributed by atoms with E-state index in [2.05, 4.69) is 10.5 Å². The molecule has 0 aliphatic carbocycles. The summed E-state index contributed by atoms with van der Waals surface area (Å²) in [5.41, 5.74) is 1.70. The summed E-state index contributed by atoms with van der Waals surface area (Å²) >= 11 is 5.84. The number of halogens is 1. The minimum absolute atomic E-state index is 0.125. The number of carbonyl (C=O) groups is 1. The molecule has 1 aromatic rings. The Hall–Kier alpha value is -1.59. The number of hydrogen-bond acceptors (Lipinski definition) is 4. The summed E-state index contributed by atoms with van der Waals surface area (Å²) in [6.45, 7) is 1.39. The van der Waals surface area contributed by atoms with Gasteiger partial charge in [-0.1, -0.05) is 28.9 Å². The second kappa shape index (κ2) is 6.72. The van der Waals surface area contributed by atoms with Crippen molar-refractivity contribution < 1.29 is 9.63 Å². The molecule has 2 rings (SSSR count). The molecule has 0 unspecified atom stereocenters. The molecular weight excluding hydrogens is 278 g/mol. The van der Waals surface area contributed by atoms with Crippen molar-refractivity contribution in [1.82, 2.24) is 10.2 Å². The van der Waals surface area contributed by atoms with Gasteiger partial charge in [0.25, 0.3) is 5.91 Å². The van der Waals surface area contributed by atoms with Crippen LogP contribution in [0.3, 0.4) is 0 Å². The Morgan fingerprint density at radius 3 is 2.80 bits per heavy atom. The van der Waals surface area contributed by atoms with Gasteiger partial charge in [-0.15, -0.1) is 0 Å². The highest BCUT2D eigenvalue weighted by Crippen LogP contribution is 2.18. The van der Waals surface area contributed by atoms with Gasteiger partial charge in [-0.2, -0.15) is 0 Å². The smallest absolute Gasteiger partial charge is 0.264 e. The summed E-state index contributed by atoms with van der Waals surface area (Å²) in [6.07, 6.45) is -0.0575. The Morgan fingerprint density at radius 1 is 1.45 bits per heavy atom. The van der Waals surface area contributed by atoms with Crippen molar-refractivity contribution in [3.05, 3.63) is 34.9 Å². The zero-order valence-electron chi connectivity index (χ0n) is 11.6. The van der Waals surface area contributed by atoms with Crippen molar-refractivity contribution in [2.45, 2.75) is 12.5 Å². The van der Waals surface area contributed by atoms with Crippen LogP contribution in [0.15, 0.2) is 29.4 Å². The fourth-order valence-corrected chi connectivity index (χ4v) is 1.97. The number of amides is 1. The number of nitrogens with one attached hydrogen (secondary N) is 1. The van der Waals surface area contributed by atoms with Gasteiger partial charge in [0.15, 0.2) is 0 Å². The highest BCUT2D eigenvalue weighted by atomic mass is 35.5. The molecule has 0 aromatic heterocycles. The fraction of sp³-hybridized carbons (Fsp3) is 0.429. The predicted octanol–water partition coefficient (Wildman–Crippen LogP) is 1.51. The third-order valence-corrected chi connectivity index (χ3v) is 3.25. The van der Waals surface area contributed by atoms with E-state index in [9.17, 15) is 4.79 Å². The normalized spacial score (nSPS) is 17.8. The van der Waals surface area contributed by atoms with Gasteiger partial charge in [-0.25, -0.2) is 0 Å². The Balaban J connectivity index is 1.84. The van der Waals surface area contributed by atoms with E-state index in [1.54, 1.807) is 12.1 Å². The first kappa shape index (κ1) is 14.8. The molecule has 1 heterocycles. The maximum absolute atomic E-state index is 11.9. The largest absolute Gasteiger partial charge is 0.382 e. The van der Waals surface area contributed by atoms with Crippen molar-refractivity contribution >= 4 is 23.2 Å². The van der Waals surface area contributed by atoms with Crippen LogP contribution in [-0.2, 0) is 9.63 Å². The summed E-state index contributed by atoms with van der Waals surface area (Å²) in [6, 6.07) is 7.33. The van der Waals surface area contributed by atoms with Crippen molar-refractivity contribution in [2.24, 2.45) is 5.16 Å². The molecule has 0 radical (unpaired) electrons. The number of nitrogens with zero attached hydrogens (tertiary/aromatic N) is 2. The van der Waals surface area contributed by atoms with Gasteiger partial charge in [0.05, 0.1) is 5.71 Å². The van der Waals surface area contributed by atoms with Crippen LogP contribution in [0.25, 0.3) is 0 Å². The maximum Gasteiger partial charge on any atom is 0.264 e. The zero-order chi connectivity index (χ0) is 14.5. The van der Waals surface area contributed by atoms with Crippen LogP contribution in [0.2, 0.25) is 5.02 Å². The first-order chi connectivity index (χ1) is 9.56. The first-order valence-corrected chi connectivity index (χ1v) is 6.85. The number of oxime groups is 1. The first-order valence-electron chi connectivity index (χ1n) is 6.47. The number of rotatable bonds is 5. The van der Waals surface area contributed by atoms with Gasteiger partial charge in [0.2, 0.25) is 6.10 Å². The van der Waals surface area contributed by atoms with Crippen LogP contribution < -0.4 is 5.32 Å². The molecule has 1 N–H and O–H groups in total. The quantitative estimate of drug-likeness (QED) is 0.896. The van der Waals surface area contributed by atoms with Crippen molar-refractivity contribution in [2.75, 3.05) is 27.2 Å². The van der Waals surface area contributed by atoms with Gasteiger partial charge in [0.1, 0.15) is 0 Å². The number of benzene rings is 1. The second-order valence-corrected chi connectivity index (χ2v) is 5.37. The van der Waals surface area contributed by atoms with Gasteiger partial charge in [-0.05, 0) is 31.8 Å². The molecule has 0 spiro atoms.